The molecule has 1 unspecified atom stereocenters. The highest BCUT2D eigenvalue weighted by molar-refractivity contribution is 5.82. The van der Waals surface area contributed by atoms with Crippen molar-refractivity contribution in [2.45, 2.75) is 58.4 Å². The molecule has 0 spiro atoms. The molecular weight excluding hydrogens is 198 g/mol. The number of rotatable bonds is 6. The number of carbonyl (C=O) groups excluding carboxylic acids is 1. The molecule has 0 aromatic heterocycles. The SMILES string of the molecule is CC(C)N(CCC1CCCC1=O)CC1CC1. The van der Waals surface area contributed by atoms with E-state index < -0.39 is 0 Å². The molecule has 2 aliphatic rings. The van der Waals surface area contributed by atoms with Gasteiger partial charge in [-0.15, -0.1) is 0 Å². The van der Waals surface area contributed by atoms with Crippen LogP contribution in [0.1, 0.15) is 52.4 Å². The summed E-state index contributed by atoms with van der Waals surface area (Å²) >= 11 is 0. The van der Waals surface area contributed by atoms with Gasteiger partial charge in [0.05, 0.1) is 0 Å². The molecule has 0 aliphatic heterocycles. The smallest absolute Gasteiger partial charge is 0.136 e. The third kappa shape index (κ3) is 3.31. The van der Waals surface area contributed by atoms with Gasteiger partial charge >= 0.3 is 0 Å². The second-order valence-electron chi connectivity index (χ2n) is 5.88. The van der Waals surface area contributed by atoms with Crippen molar-refractivity contribution in [2.75, 3.05) is 13.1 Å². The summed E-state index contributed by atoms with van der Waals surface area (Å²) in [6, 6.07) is 0.636. The standard InChI is InChI=1S/C14H25NO/c1-11(2)15(10-12-6-7-12)9-8-13-4-3-5-14(13)16/h11-13H,3-10H2,1-2H3. The zero-order chi connectivity index (χ0) is 11.5. The lowest BCUT2D eigenvalue weighted by Gasteiger charge is -2.27. The molecule has 0 N–H and O–H groups in total. The fraction of sp³-hybridized carbons (Fsp3) is 0.929. The predicted molar refractivity (Wildman–Crippen MR) is 66.4 cm³/mol. The van der Waals surface area contributed by atoms with Gasteiger partial charge in [-0.05, 0) is 58.4 Å². The van der Waals surface area contributed by atoms with E-state index >= 15 is 0 Å². The molecule has 0 amide bonds. The third-order valence-corrected chi connectivity index (χ3v) is 4.12. The molecule has 0 saturated heterocycles. The van der Waals surface area contributed by atoms with Crippen molar-refractivity contribution in [1.82, 2.24) is 4.90 Å². The van der Waals surface area contributed by atoms with Crippen LogP contribution in [-0.4, -0.2) is 29.8 Å². The first-order valence-electron chi connectivity index (χ1n) is 6.93. The molecule has 0 aromatic carbocycles. The minimum absolute atomic E-state index is 0.389. The van der Waals surface area contributed by atoms with Gasteiger partial charge in [-0.2, -0.15) is 0 Å². The molecule has 2 rings (SSSR count). The Balaban J connectivity index is 1.74. The molecule has 0 radical (unpaired) electrons. The summed E-state index contributed by atoms with van der Waals surface area (Å²) in [5.74, 6) is 1.87. The van der Waals surface area contributed by atoms with Gasteiger partial charge in [-0.1, -0.05) is 0 Å². The number of nitrogens with zero attached hydrogens (tertiary/aromatic N) is 1. The molecule has 0 heterocycles. The first-order valence-corrected chi connectivity index (χ1v) is 6.93. The molecule has 92 valence electrons. The summed E-state index contributed by atoms with van der Waals surface area (Å²) in [7, 11) is 0. The third-order valence-electron chi connectivity index (χ3n) is 4.12. The molecular formula is C14H25NO. The molecule has 0 aromatic rings. The summed E-state index contributed by atoms with van der Waals surface area (Å²) in [6.45, 7) is 6.95. The Morgan fingerprint density at radius 2 is 2.06 bits per heavy atom. The van der Waals surface area contributed by atoms with Crippen LogP contribution >= 0.6 is 0 Å². The van der Waals surface area contributed by atoms with Crippen LogP contribution in [0.4, 0.5) is 0 Å². The average Bonchev–Trinajstić information content (AvgIpc) is 2.96. The number of hydrogen-bond donors (Lipinski definition) is 0. The van der Waals surface area contributed by atoms with E-state index in [9.17, 15) is 4.79 Å². The van der Waals surface area contributed by atoms with Crippen molar-refractivity contribution in [2.24, 2.45) is 11.8 Å². The molecule has 2 heteroatoms. The second kappa shape index (κ2) is 5.31. The molecule has 1 atom stereocenters. The molecule has 2 fully saturated rings. The fourth-order valence-corrected chi connectivity index (χ4v) is 2.71. The maximum atomic E-state index is 11.6. The monoisotopic (exact) mass is 223 g/mol. The van der Waals surface area contributed by atoms with Crippen LogP contribution in [-0.2, 0) is 4.79 Å². The van der Waals surface area contributed by atoms with E-state index in [-0.39, 0.29) is 0 Å². The lowest BCUT2D eigenvalue weighted by atomic mass is 10.0. The van der Waals surface area contributed by atoms with E-state index in [0.29, 0.717) is 17.7 Å². The van der Waals surface area contributed by atoms with Gasteiger partial charge < -0.3 is 4.90 Å². The van der Waals surface area contributed by atoms with Crippen molar-refractivity contribution in [3.8, 4) is 0 Å². The first kappa shape index (κ1) is 12.1. The van der Waals surface area contributed by atoms with E-state index in [1.165, 1.54) is 19.4 Å². The first-order chi connectivity index (χ1) is 7.66. The van der Waals surface area contributed by atoms with Gasteiger partial charge in [0.2, 0.25) is 0 Å². The lowest BCUT2D eigenvalue weighted by molar-refractivity contribution is -0.120. The summed E-state index contributed by atoms with van der Waals surface area (Å²) in [5, 5.41) is 0. The van der Waals surface area contributed by atoms with Crippen molar-refractivity contribution >= 4 is 5.78 Å². The molecule has 16 heavy (non-hydrogen) atoms. The molecule has 2 aliphatic carbocycles. The maximum absolute atomic E-state index is 11.6. The fourth-order valence-electron chi connectivity index (χ4n) is 2.71. The Bertz CT molecular complexity index is 245. The van der Waals surface area contributed by atoms with Crippen LogP contribution < -0.4 is 0 Å². The Morgan fingerprint density at radius 3 is 2.56 bits per heavy atom. The summed E-state index contributed by atoms with van der Waals surface area (Å²) in [6.07, 6.45) is 7.07. The Morgan fingerprint density at radius 1 is 1.31 bits per heavy atom. The summed E-state index contributed by atoms with van der Waals surface area (Å²) in [4.78, 5) is 14.1. The molecule has 2 saturated carbocycles. The van der Waals surface area contributed by atoms with Gasteiger partial charge in [-0.3, -0.25) is 4.79 Å². The normalized spacial score (nSPS) is 26.0. The minimum atomic E-state index is 0.389. The van der Waals surface area contributed by atoms with E-state index in [4.69, 9.17) is 0 Å². The van der Waals surface area contributed by atoms with Crippen molar-refractivity contribution in [3.05, 3.63) is 0 Å². The number of ketones is 1. The number of Topliss-reactive ketones (excluding diaryl/α,β-unsaturated/α-hetero) is 1. The largest absolute Gasteiger partial charge is 0.301 e. The average molecular weight is 223 g/mol. The summed E-state index contributed by atoms with van der Waals surface area (Å²) < 4.78 is 0. The maximum Gasteiger partial charge on any atom is 0.136 e. The summed E-state index contributed by atoms with van der Waals surface area (Å²) in [5.41, 5.74) is 0. The lowest BCUT2D eigenvalue weighted by Crippen LogP contribution is -2.34. The Hall–Kier alpha value is -0.370. The van der Waals surface area contributed by atoms with Crippen LogP contribution in [0.3, 0.4) is 0 Å². The highest BCUT2D eigenvalue weighted by Crippen LogP contribution is 2.31. The highest BCUT2D eigenvalue weighted by Gasteiger charge is 2.28. The predicted octanol–water partition coefficient (Wildman–Crippen LogP) is 2.87. The number of carbonyl (C=O) groups is 1. The highest BCUT2D eigenvalue weighted by atomic mass is 16.1. The van der Waals surface area contributed by atoms with Gasteiger partial charge in [0.15, 0.2) is 0 Å². The van der Waals surface area contributed by atoms with Crippen LogP contribution in [0.15, 0.2) is 0 Å². The van der Waals surface area contributed by atoms with E-state index in [0.717, 1.165) is 38.1 Å². The van der Waals surface area contributed by atoms with Crippen molar-refractivity contribution in [1.29, 1.82) is 0 Å². The zero-order valence-corrected chi connectivity index (χ0v) is 10.7. The number of hydrogen-bond acceptors (Lipinski definition) is 2. The van der Waals surface area contributed by atoms with Crippen LogP contribution in [0, 0.1) is 11.8 Å². The Labute approximate surface area is 99.4 Å². The van der Waals surface area contributed by atoms with E-state index in [1.54, 1.807) is 0 Å². The van der Waals surface area contributed by atoms with Crippen LogP contribution in [0.25, 0.3) is 0 Å². The van der Waals surface area contributed by atoms with Gasteiger partial charge in [0, 0.05) is 24.9 Å². The van der Waals surface area contributed by atoms with Crippen molar-refractivity contribution in [3.63, 3.8) is 0 Å². The molecule has 0 bridgehead atoms. The molecule has 2 nitrogen and oxygen atoms in total. The van der Waals surface area contributed by atoms with Gasteiger partial charge in [0.25, 0.3) is 0 Å². The zero-order valence-electron chi connectivity index (χ0n) is 10.7. The topological polar surface area (TPSA) is 20.3 Å². The van der Waals surface area contributed by atoms with Crippen molar-refractivity contribution < 1.29 is 4.79 Å². The van der Waals surface area contributed by atoms with Crippen LogP contribution in [0.2, 0.25) is 0 Å². The quantitative estimate of drug-likeness (QED) is 0.690. The second-order valence-corrected chi connectivity index (χ2v) is 5.88. The van der Waals surface area contributed by atoms with Gasteiger partial charge in [-0.25, -0.2) is 0 Å². The van der Waals surface area contributed by atoms with E-state index in [2.05, 4.69) is 18.7 Å². The Kier molecular flexibility index (Phi) is 4.01. The van der Waals surface area contributed by atoms with E-state index in [1.807, 2.05) is 0 Å². The van der Waals surface area contributed by atoms with Gasteiger partial charge in [0.1, 0.15) is 5.78 Å². The van der Waals surface area contributed by atoms with Crippen LogP contribution in [0.5, 0.6) is 0 Å². The minimum Gasteiger partial charge on any atom is -0.301 e.